The molecule has 0 unspecified atom stereocenters. The smallest absolute Gasteiger partial charge is 0.324 e. The molecule has 0 saturated carbocycles. The van der Waals surface area contributed by atoms with E-state index in [4.69, 9.17) is 4.55 Å². The lowest BCUT2D eigenvalue weighted by atomic mass is 10.8. The first-order chi connectivity index (χ1) is 4.74. The molecule has 0 aliphatic carbocycles. The average molecular weight is 161 g/mol. The highest BCUT2D eigenvalue weighted by molar-refractivity contribution is 7.93. The predicted molar refractivity (Wildman–Crippen MR) is 34.0 cm³/mol. The van der Waals surface area contributed by atoms with E-state index in [1.54, 1.807) is 0 Å². The Balaban J connectivity index is 3.34. The van der Waals surface area contributed by atoms with E-state index in [-0.39, 0.29) is 17.1 Å². The van der Waals surface area contributed by atoms with Gasteiger partial charge in [-0.1, -0.05) is 0 Å². The quantitative estimate of drug-likeness (QED) is 0.460. The van der Waals surface area contributed by atoms with Gasteiger partial charge in [0.15, 0.2) is 0 Å². The van der Waals surface area contributed by atoms with Crippen LogP contribution in [0.5, 0.6) is 0 Å². The van der Waals surface area contributed by atoms with E-state index < -0.39 is 11.2 Å². The molecule has 0 fully saturated rings. The summed E-state index contributed by atoms with van der Waals surface area (Å²) in [6.07, 6.45) is 0. The summed E-state index contributed by atoms with van der Waals surface area (Å²) in [6.45, 7) is 0. The van der Waals surface area contributed by atoms with Crippen molar-refractivity contribution in [1.82, 2.24) is 15.2 Å². The number of nitrogens with zero attached hydrogens (tertiary/aromatic N) is 1. The molecule has 0 aliphatic rings. The van der Waals surface area contributed by atoms with Crippen LogP contribution in [0.1, 0.15) is 0 Å². The molecule has 0 bridgehead atoms. The zero-order valence-electron chi connectivity index (χ0n) is 4.62. The Morgan fingerprint density at radius 2 is 2.20 bits per heavy atom. The SMILES string of the molecule is O=c1[nH]nc(SO)c(=O)[nH]1. The Morgan fingerprint density at radius 3 is 2.70 bits per heavy atom. The van der Waals surface area contributed by atoms with E-state index in [2.05, 4.69) is 5.10 Å². The van der Waals surface area contributed by atoms with Crippen molar-refractivity contribution < 1.29 is 4.55 Å². The zero-order chi connectivity index (χ0) is 7.56. The van der Waals surface area contributed by atoms with Crippen molar-refractivity contribution in [2.75, 3.05) is 0 Å². The third-order valence-corrected chi connectivity index (χ3v) is 1.22. The molecule has 7 heteroatoms. The van der Waals surface area contributed by atoms with Crippen LogP contribution in [0.2, 0.25) is 0 Å². The van der Waals surface area contributed by atoms with E-state index in [1.165, 1.54) is 0 Å². The maximum atomic E-state index is 10.6. The molecule has 54 valence electrons. The Hall–Kier alpha value is -1.08. The zero-order valence-corrected chi connectivity index (χ0v) is 5.44. The molecule has 0 atom stereocenters. The molecule has 0 aromatic carbocycles. The first kappa shape index (κ1) is 7.03. The first-order valence-electron chi connectivity index (χ1n) is 2.24. The fourth-order valence-corrected chi connectivity index (χ4v) is 0.619. The third-order valence-electron chi connectivity index (χ3n) is 0.767. The second-order valence-electron chi connectivity index (χ2n) is 1.40. The van der Waals surface area contributed by atoms with Crippen molar-refractivity contribution in [3.05, 3.63) is 20.8 Å². The van der Waals surface area contributed by atoms with Crippen molar-refractivity contribution in [3.63, 3.8) is 0 Å². The fraction of sp³-hybridized carbons (Fsp3) is 0. The van der Waals surface area contributed by atoms with Gasteiger partial charge in [-0.3, -0.25) is 9.78 Å². The van der Waals surface area contributed by atoms with Gasteiger partial charge in [-0.25, -0.2) is 9.89 Å². The number of hydrogen-bond donors (Lipinski definition) is 3. The van der Waals surface area contributed by atoms with Gasteiger partial charge in [0.1, 0.15) is 0 Å². The summed E-state index contributed by atoms with van der Waals surface area (Å²) in [5, 5.41) is 5.00. The van der Waals surface area contributed by atoms with Crippen LogP contribution >= 0.6 is 12.0 Å². The number of H-pyrrole nitrogens is 2. The summed E-state index contributed by atoms with van der Waals surface area (Å²) in [4.78, 5) is 22.7. The largest absolute Gasteiger partial charge is 0.342 e. The van der Waals surface area contributed by atoms with Crippen LogP contribution in [-0.2, 0) is 0 Å². The highest BCUT2D eigenvalue weighted by atomic mass is 32.2. The van der Waals surface area contributed by atoms with Crippen LogP contribution in [-0.4, -0.2) is 19.7 Å². The summed E-state index contributed by atoms with van der Waals surface area (Å²) < 4.78 is 8.32. The summed E-state index contributed by atoms with van der Waals surface area (Å²) in [6, 6.07) is 0. The highest BCUT2D eigenvalue weighted by Crippen LogP contribution is 1.98. The molecule has 0 aliphatic heterocycles. The van der Waals surface area contributed by atoms with Gasteiger partial charge in [0, 0.05) is 0 Å². The maximum Gasteiger partial charge on any atom is 0.342 e. The molecule has 0 spiro atoms. The van der Waals surface area contributed by atoms with Gasteiger partial charge >= 0.3 is 5.69 Å². The van der Waals surface area contributed by atoms with E-state index >= 15 is 0 Å². The third kappa shape index (κ3) is 1.25. The van der Waals surface area contributed by atoms with Gasteiger partial charge in [-0.2, -0.15) is 5.10 Å². The lowest BCUT2D eigenvalue weighted by Crippen LogP contribution is -2.24. The van der Waals surface area contributed by atoms with E-state index in [0.29, 0.717) is 0 Å². The van der Waals surface area contributed by atoms with Crippen LogP contribution in [0.25, 0.3) is 0 Å². The molecule has 0 radical (unpaired) electrons. The lowest BCUT2D eigenvalue weighted by Gasteiger charge is -1.86. The minimum absolute atomic E-state index is 0.179. The number of aromatic nitrogens is 3. The monoisotopic (exact) mass is 161 g/mol. The van der Waals surface area contributed by atoms with Gasteiger partial charge in [0.05, 0.1) is 12.0 Å². The van der Waals surface area contributed by atoms with Crippen LogP contribution in [0.4, 0.5) is 0 Å². The summed E-state index contributed by atoms with van der Waals surface area (Å²) in [7, 11) is 0. The van der Waals surface area contributed by atoms with Gasteiger partial charge in [0.2, 0.25) is 5.03 Å². The molecule has 1 heterocycles. The minimum atomic E-state index is -0.698. The number of rotatable bonds is 1. The standard InChI is InChI=1S/C3H3N3O3S/c7-1-2(10-9)5-6-3(8)4-1/h9H,(H2,4,6,7,8). The van der Waals surface area contributed by atoms with Gasteiger partial charge in [-0.15, -0.1) is 0 Å². The molecule has 1 aromatic rings. The van der Waals surface area contributed by atoms with Crippen LogP contribution in [0.15, 0.2) is 14.6 Å². The van der Waals surface area contributed by atoms with E-state index in [0.717, 1.165) is 0 Å². The molecular formula is C3H3N3O3S. The Bertz CT molecular complexity index is 328. The van der Waals surface area contributed by atoms with Gasteiger partial charge in [0.25, 0.3) is 5.56 Å². The number of hydrogen-bond acceptors (Lipinski definition) is 5. The second-order valence-corrected chi connectivity index (χ2v) is 1.97. The molecular weight excluding hydrogens is 158 g/mol. The summed E-state index contributed by atoms with van der Waals surface area (Å²) in [5.74, 6) is 0. The molecule has 6 nitrogen and oxygen atoms in total. The normalized spacial score (nSPS) is 9.70. The molecule has 10 heavy (non-hydrogen) atoms. The summed E-state index contributed by atoms with van der Waals surface area (Å²) >= 11 is 0.179. The van der Waals surface area contributed by atoms with Crippen molar-refractivity contribution in [1.29, 1.82) is 0 Å². The van der Waals surface area contributed by atoms with Gasteiger partial charge < -0.3 is 4.55 Å². The predicted octanol–water partition coefficient (Wildman–Crippen LogP) is -0.977. The average Bonchev–Trinajstić information content (AvgIpc) is 1.88. The number of aromatic amines is 2. The highest BCUT2D eigenvalue weighted by Gasteiger charge is 1.98. The molecule has 0 amide bonds. The van der Waals surface area contributed by atoms with Crippen LogP contribution in [0, 0.1) is 0 Å². The lowest BCUT2D eigenvalue weighted by molar-refractivity contribution is 0.651. The Labute approximate surface area is 58.5 Å². The maximum absolute atomic E-state index is 10.6. The molecule has 1 aromatic heterocycles. The molecule has 0 saturated heterocycles. The number of nitrogens with one attached hydrogen (secondary N) is 2. The fourth-order valence-electron chi connectivity index (χ4n) is 0.399. The minimum Gasteiger partial charge on any atom is -0.324 e. The van der Waals surface area contributed by atoms with Gasteiger partial charge in [-0.05, 0) is 0 Å². The summed E-state index contributed by atoms with van der Waals surface area (Å²) in [5.41, 5.74) is -1.39. The van der Waals surface area contributed by atoms with Crippen molar-refractivity contribution >= 4 is 12.0 Å². The van der Waals surface area contributed by atoms with E-state index in [1.807, 2.05) is 10.1 Å². The van der Waals surface area contributed by atoms with Crippen molar-refractivity contribution in [2.45, 2.75) is 5.03 Å². The topological polar surface area (TPSA) is 98.8 Å². The van der Waals surface area contributed by atoms with Crippen molar-refractivity contribution in [2.24, 2.45) is 0 Å². The van der Waals surface area contributed by atoms with E-state index in [9.17, 15) is 9.59 Å². The van der Waals surface area contributed by atoms with Crippen LogP contribution in [0.3, 0.4) is 0 Å². The Morgan fingerprint density at radius 1 is 1.50 bits per heavy atom. The Kier molecular flexibility index (Phi) is 1.88. The second kappa shape index (κ2) is 2.67. The van der Waals surface area contributed by atoms with Crippen molar-refractivity contribution in [3.8, 4) is 0 Å². The first-order valence-corrected chi connectivity index (χ1v) is 3.02. The molecule has 3 N–H and O–H groups in total. The molecule has 1 rings (SSSR count). The van der Waals surface area contributed by atoms with Crippen LogP contribution < -0.4 is 11.2 Å².